The topological polar surface area (TPSA) is 78.5 Å². The average molecular weight is 422 g/mol. The minimum Gasteiger partial charge on any atom is -0.548 e. The Kier molecular flexibility index (Phi) is 5.66. The molecule has 0 spiro atoms. The van der Waals surface area contributed by atoms with Gasteiger partial charge < -0.3 is 20.0 Å². The average Bonchev–Trinajstić information content (AvgIpc) is 3.08. The number of hydrogen-bond acceptors (Lipinski definition) is 4. The van der Waals surface area contributed by atoms with Crippen molar-refractivity contribution in [2.24, 2.45) is 0 Å². The van der Waals surface area contributed by atoms with Crippen molar-refractivity contribution in [3.05, 3.63) is 95.1 Å². The second-order valence-corrected chi connectivity index (χ2v) is 7.29. The Morgan fingerprint density at radius 1 is 0.935 bits per heavy atom. The monoisotopic (exact) mass is 422 g/mol. The van der Waals surface area contributed by atoms with E-state index in [1.165, 1.54) is 6.07 Å². The molecule has 0 saturated heterocycles. The van der Waals surface area contributed by atoms with E-state index in [2.05, 4.69) is 5.32 Å². The van der Waals surface area contributed by atoms with Gasteiger partial charge in [-0.1, -0.05) is 54.6 Å². The molecule has 4 rings (SSSR count). The first-order valence-electron chi connectivity index (χ1n) is 9.70. The maximum Gasteiger partial charge on any atom is 0.407 e. The second kappa shape index (κ2) is 8.55. The third-order valence-corrected chi connectivity index (χ3v) is 5.34. The number of ether oxygens (including phenoxy) is 1. The number of carboxylic acid groups (broad SMARTS) is 1. The summed E-state index contributed by atoms with van der Waals surface area (Å²) in [7, 11) is 0. The van der Waals surface area contributed by atoms with Crippen molar-refractivity contribution in [2.45, 2.75) is 18.4 Å². The zero-order valence-corrected chi connectivity index (χ0v) is 16.3. The number of carboxylic acids is 1. The fourth-order valence-electron chi connectivity index (χ4n) is 3.88. The van der Waals surface area contributed by atoms with Gasteiger partial charge in [-0.15, -0.1) is 0 Å². The van der Waals surface area contributed by atoms with Crippen LogP contribution in [0.5, 0.6) is 0 Å². The molecule has 1 N–H and O–H groups in total. The van der Waals surface area contributed by atoms with Crippen molar-refractivity contribution < 1.29 is 28.2 Å². The Balaban J connectivity index is 1.43. The summed E-state index contributed by atoms with van der Waals surface area (Å²) < 4.78 is 31.8. The highest BCUT2D eigenvalue weighted by Gasteiger charge is 2.29. The van der Waals surface area contributed by atoms with Crippen LogP contribution in [-0.2, 0) is 16.0 Å². The molecule has 0 unspecified atom stereocenters. The van der Waals surface area contributed by atoms with Crippen LogP contribution in [-0.4, -0.2) is 24.7 Å². The number of halogens is 2. The Bertz CT molecular complexity index is 1100. The summed E-state index contributed by atoms with van der Waals surface area (Å²) >= 11 is 0. The molecule has 0 bridgehead atoms. The number of amides is 1. The molecule has 0 aromatic heterocycles. The van der Waals surface area contributed by atoms with E-state index in [0.717, 1.165) is 34.4 Å². The highest BCUT2D eigenvalue weighted by molar-refractivity contribution is 5.80. The van der Waals surface area contributed by atoms with E-state index < -0.39 is 29.7 Å². The van der Waals surface area contributed by atoms with Crippen LogP contribution < -0.4 is 10.4 Å². The fourth-order valence-corrected chi connectivity index (χ4v) is 3.88. The summed E-state index contributed by atoms with van der Waals surface area (Å²) in [5.41, 5.74) is 4.38. The third-order valence-electron chi connectivity index (χ3n) is 5.34. The van der Waals surface area contributed by atoms with E-state index in [1.54, 1.807) is 0 Å². The molecule has 1 atom stereocenters. The first kappa shape index (κ1) is 20.5. The summed E-state index contributed by atoms with van der Waals surface area (Å²) in [6, 6.07) is 17.2. The van der Waals surface area contributed by atoms with Crippen LogP contribution in [0.15, 0.2) is 66.7 Å². The molecule has 158 valence electrons. The number of fused-ring (bicyclic) bond motifs is 3. The molecule has 0 aliphatic heterocycles. The molecule has 0 heterocycles. The lowest BCUT2D eigenvalue weighted by atomic mass is 9.98. The Labute approximate surface area is 177 Å². The summed E-state index contributed by atoms with van der Waals surface area (Å²) in [4.78, 5) is 23.7. The van der Waals surface area contributed by atoms with Crippen LogP contribution in [0.4, 0.5) is 13.6 Å². The molecular weight excluding hydrogens is 404 g/mol. The molecule has 0 saturated carbocycles. The van der Waals surface area contributed by atoms with Crippen LogP contribution in [0.2, 0.25) is 0 Å². The quantitative estimate of drug-likeness (QED) is 0.662. The van der Waals surface area contributed by atoms with Gasteiger partial charge in [-0.2, -0.15) is 0 Å². The van der Waals surface area contributed by atoms with Gasteiger partial charge in [0.2, 0.25) is 0 Å². The number of carbonyl (C=O) groups excluding carboxylic acids is 2. The number of carbonyl (C=O) groups is 2. The van der Waals surface area contributed by atoms with Gasteiger partial charge in [0.25, 0.3) is 0 Å². The Morgan fingerprint density at radius 3 is 2.13 bits per heavy atom. The molecule has 3 aromatic carbocycles. The lowest BCUT2D eigenvalue weighted by molar-refractivity contribution is -0.308. The number of rotatable bonds is 6. The van der Waals surface area contributed by atoms with Crippen molar-refractivity contribution in [3.63, 3.8) is 0 Å². The fraction of sp³-hybridized carbons (Fsp3) is 0.167. The van der Waals surface area contributed by atoms with Crippen LogP contribution in [0.25, 0.3) is 11.1 Å². The Hall–Kier alpha value is -3.74. The van der Waals surface area contributed by atoms with E-state index in [9.17, 15) is 23.5 Å². The number of hydrogen-bond donors (Lipinski definition) is 1. The maximum absolute atomic E-state index is 13.4. The highest BCUT2D eigenvalue weighted by Crippen LogP contribution is 2.44. The molecule has 5 nitrogen and oxygen atoms in total. The summed E-state index contributed by atoms with van der Waals surface area (Å²) in [6.45, 7) is 0.0187. The van der Waals surface area contributed by atoms with Crippen molar-refractivity contribution in [2.75, 3.05) is 6.61 Å². The number of nitrogens with one attached hydrogen (secondary N) is 1. The lowest BCUT2D eigenvalue weighted by Crippen LogP contribution is -2.49. The summed E-state index contributed by atoms with van der Waals surface area (Å²) in [5.74, 6) is -3.88. The lowest BCUT2D eigenvalue weighted by Gasteiger charge is -2.21. The molecule has 3 aromatic rings. The highest BCUT2D eigenvalue weighted by atomic mass is 19.2. The zero-order valence-electron chi connectivity index (χ0n) is 16.3. The third kappa shape index (κ3) is 4.26. The molecule has 1 aliphatic rings. The number of benzene rings is 3. The van der Waals surface area contributed by atoms with E-state index >= 15 is 0 Å². The van der Waals surface area contributed by atoms with E-state index in [0.29, 0.717) is 0 Å². The first-order valence-corrected chi connectivity index (χ1v) is 9.70. The largest absolute Gasteiger partial charge is 0.548 e. The van der Waals surface area contributed by atoms with Gasteiger partial charge in [-0.3, -0.25) is 0 Å². The van der Waals surface area contributed by atoms with Gasteiger partial charge in [0, 0.05) is 5.92 Å². The molecule has 31 heavy (non-hydrogen) atoms. The molecule has 1 aliphatic carbocycles. The summed E-state index contributed by atoms with van der Waals surface area (Å²) in [5, 5.41) is 13.7. The van der Waals surface area contributed by atoms with Crippen molar-refractivity contribution >= 4 is 12.1 Å². The molecule has 7 heteroatoms. The van der Waals surface area contributed by atoms with Crippen molar-refractivity contribution in [1.82, 2.24) is 5.32 Å². The predicted octanol–water partition coefficient (Wildman–Crippen LogP) is 3.16. The normalized spacial score (nSPS) is 13.2. The smallest absolute Gasteiger partial charge is 0.407 e. The Morgan fingerprint density at radius 2 is 1.55 bits per heavy atom. The number of alkyl carbamates (subject to hydrolysis) is 1. The molecule has 1 amide bonds. The van der Waals surface area contributed by atoms with Gasteiger partial charge in [0.15, 0.2) is 11.6 Å². The van der Waals surface area contributed by atoms with Crippen LogP contribution >= 0.6 is 0 Å². The SMILES string of the molecule is O=C(N[C@H](Cc1ccc(F)c(F)c1)C(=O)[O-])OCC1c2ccccc2-c2ccccc21. The van der Waals surface area contributed by atoms with E-state index in [-0.39, 0.29) is 24.5 Å². The predicted molar refractivity (Wildman–Crippen MR) is 107 cm³/mol. The second-order valence-electron chi connectivity index (χ2n) is 7.29. The first-order chi connectivity index (χ1) is 14.9. The van der Waals surface area contributed by atoms with E-state index in [4.69, 9.17) is 4.74 Å². The van der Waals surface area contributed by atoms with Gasteiger partial charge in [0.05, 0.1) is 12.0 Å². The van der Waals surface area contributed by atoms with Crippen molar-refractivity contribution in [1.29, 1.82) is 0 Å². The van der Waals surface area contributed by atoms with Crippen LogP contribution in [0.3, 0.4) is 0 Å². The van der Waals surface area contributed by atoms with Gasteiger partial charge in [-0.05, 0) is 46.4 Å². The van der Waals surface area contributed by atoms with Gasteiger partial charge >= 0.3 is 6.09 Å². The molecule has 0 radical (unpaired) electrons. The van der Waals surface area contributed by atoms with Gasteiger partial charge in [-0.25, -0.2) is 13.6 Å². The number of aliphatic carboxylic acids is 1. The van der Waals surface area contributed by atoms with E-state index in [1.807, 2.05) is 48.5 Å². The summed E-state index contributed by atoms with van der Waals surface area (Å²) in [6.07, 6.45) is -1.21. The standard InChI is InChI=1S/C24H19F2NO4/c25-20-10-9-14(11-21(20)26)12-22(23(28)29)27-24(30)31-13-19-17-7-3-1-5-15(17)16-6-2-4-8-18(16)19/h1-11,19,22H,12-13H2,(H,27,30)(H,28,29)/p-1/t22-/m1/s1. The van der Waals surface area contributed by atoms with Crippen LogP contribution in [0.1, 0.15) is 22.6 Å². The zero-order chi connectivity index (χ0) is 22.0. The molecular formula is C24H18F2NO4-. The maximum atomic E-state index is 13.4. The molecule has 0 fully saturated rings. The van der Waals surface area contributed by atoms with Crippen LogP contribution in [0, 0.1) is 11.6 Å². The minimum atomic E-state index is -1.56. The minimum absolute atomic E-state index is 0.0187. The van der Waals surface area contributed by atoms with Crippen molar-refractivity contribution in [3.8, 4) is 11.1 Å². The van der Waals surface area contributed by atoms with Gasteiger partial charge in [0.1, 0.15) is 6.61 Å².